The highest BCUT2D eigenvalue weighted by Gasteiger charge is 2.38. The van der Waals surface area contributed by atoms with Crippen LogP contribution in [-0.2, 0) is 17.9 Å². The lowest BCUT2D eigenvalue weighted by atomic mass is 9.62. The van der Waals surface area contributed by atoms with Gasteiger partial charge in [-0.1, -0.05) is 56.6 Å². The zero-order chi connectivity index (χ0) is 26.5. The minimum absolute atomic E-state index is 0.0843. The minimum atomic E-state index is -2.23. The van der Waals surface area contributed by atoms with Crippen molar-refractivity contribution < 1.29 is 13.2 Å². The van der Waals surface area contributed by atoms with E-state index < -0.39 is 6.85 Å². The summed E-state index contributed by atoms with van der Waals surface area (Å²) < 4.78 is 32.0. The number of hydrogen-bond donors (Lipinski definition) is 0. The number of aromatic nitrogens is 2. The van der Waals surface area contributed by atoms with Crippen LogP contribution in [0.4, 0.5) is 0 Å². The number of nitrogens with zero attached hydrogens (tertiary/aromatic N) is 2. The Morgan fingerprint density at radius 2 is 1.74 bits per heavy atom. The van der Waals surface area contributed by atoms with E-state index in [1.807, 2.05) is 14.0 Å². The Kier molecular flexibility index (Phi) is 3.69. The van der Waals surface area contributed by atoms with Crippen LogP contribution < -0.4 is 4.68 Å². The van der Waals surface area contributed by atoms with Crippen molar-refractivity contribution in [2.45, 2.75) is 65.1 Å². The van der Waals surface area contributed by atoms with E-state index in [0.717, 1.165) is 45.2 Å². The van der Waals surface area contributed by atoms with Crippen molar-refractivity contribution in [3.05, 3.63) is 70.9 Å². The third kappa shape index (κ3) is 2.95. The molecule has 0 radical (unpaired) electrons. The molecule has 34 heavy (non-hydrogen) atoms. The summed E-state index contributed by atoms with van der Waals surface area (Å²) >= 11 is 0. The van der Waals surface area contributed by atoms with Crippen LogP contribution in [0.25, 0.3) is 44.0 Å². The Balaban J connectivity index is 1.68. The molecule has 1 aliphatic carbocycles. The molecule has 0 spiro atoms. The van der Waals surface area contributed by atoms with Gasteiger partial charge in [0.25, 0.3) is 0 Å². The summed E-state index contributed by atoms with van der Waals surface area (Å²) in [6.07, 6.45) is 3.75. The fraction of sp³-hybridized carbons (Fsp3) is 0.355. The van der Waals surface area contributed by atoms with Crippen LogP contribution in [-0.4, -0.2) is 5.10 Å². The van der Waals surface area contributed by atoms with Crippen LogP contribution >= 0.6 is 0 Å². The fourth-order valence-electron chi connectivity index (χ4n) is 5.98. The second-order valence-corrected chi connectivity index (χ2v) is 11.3. The van der Waals surface area contributed by atoms with E-state index in [2.05, 4.69) is 69.2 Å². The molecule has 0 saturated carbocycles. The maximum Gasteiger partial charge on any atom is 0.243 e. The zero-order valence-corrected chi connectivity index (χ0v) is 20.8. The Morgan fingerprint density at radius 1 is 0.941 bits per heavy atom. The molecule has 3 heteroatoms. The first-order valence-corrected chi connectivity index (χ1v) is 12.1. The summed E-state index contributed by atoms with van der Waals surface area (Å²) in [7, 11) is 1.84. The van der Waals surface area contributed by atoms with E-state index >= 15 is 0 Å². The van der Waals surface area contributed by atoms with Crippen molar-refractivity contribution in [2.75, 3.05) is 0 Å². The zero-order valence-electron chi connectivity index (χ0n) is 23.8. The molecule has 5 aromatic rings. The molecule has 3 aromatic carbocycles. The number of aryl methyl sites for hydroxylation is 3. The molecular weight excluding hydrogens is 416 g/mol. The third-order valence-corrected chi connectivity index (χ3v) is 8.04. The number of benzene rings is 3. The highest BCUT2D eigenvalue weighted by molar-refractivity contribution is 6.13. The lowest BCUT2D eigenvalue weighted by Crippen LogP contribution is -2.35. The van der Waals surface area contributed by atoms with Crippen molar-refractivity contribution in [3.8, 4) is 11.3 Å². The normalized spacial score (nSPS) is 18.6. The van der Waals surface area contributed by atoms with E-state index in [9.17, 15) is 0 Å². The van der Waals surface area contributed by atoms with Crippen LogP contribution in [0.3, 0.4) is 0 Å². The second kappa shape index (κ2) is 6.91. The third-order valence-electron chi connectivity index (χ3n) is 8.04. The van der Waals surface area contributed by atoms with Crippen LogP contribution in [0, 0.1) is 13.8 Å². The van der Waals surface area contributed by atoms with Gasteiger partial charge in [-0.25, -0.2) is 0 Å². The van der Waals surface area contributed by atoms with Gasteiger partial charge in [-0.2, -0.15) is 0 Å². The molecule has 2 aromatic heterocycles. The van der Waals surface area contributed by atoms with E-state index in [1.54, 1.807) is 10.7 Å². The predicted molar refractivity (Wildman–Crippen MR) is 140 cm³/mol. The van der Waals surface area contributed by atoms with Gasteiger partial charge in [0.2, 0.25) is 5.69 Å². The average molecular weight is 453 g/mol. The topological polar surface area (TPSA) is 29.9 Å². The summed E-state index contributed by atoms with van der Waals surface area (Å²) in [5.41, 5.74) is 7.53. The highest BCUT2D eigenvalue weighted by atomic mass is 16.3. The molecule has 0 atom stereocenters. The maximum absolute atomic E-state index is 7.89. The maximum atomic E-state index is 7.89. The standard InChI is InChI=1S/C31H33N2O/c1-18-14-25(33(7)32-17-18)27-19(2)8-10-21-23-15-20-9-11-24-28(22(20)16-26(23)34-29(21)27)31(5,6)13-12-30(24,3)4/h8-11,14-17H,12-13H2,1-7H3/q+1/i1D3. The first kappa shape index (κ1) is 18.2. The van der Waals surface area contributed by atoms with Gasteiger partial charge in [-0.3, -0.25) is 0 Å². The smallest absolute Gasteiger partial charge is 0.243 e. The Hall–Kier alpha value is -3.20. The van der Waals surface area contributed by atoms with Gasteiger partial charge >= 0.3 is 0 Å². The predicted octanol–water partition coefficient (Wildman–Crippen LogP) is 7.59. The number of rotatable bonds is 1. The van der Waals surface area contributed by atoms with Crippen molar-refractivity contribution in [1.29, 1.82) is 0 Å². The lowest BCUT2D eigenvalue weighted by molar-refractivity contribution is -0.720. The van der Waals surface area contributed by atoms with Gasteiger partial charge in [0.05, 0.1) is 11.8 Å². The Morgan fingerprint density at radius 3 is 2.53 bits per heavy atom. The van der Waals surface area contributed by atoms with Gasteiger partial charge in [0.15, 0.2) is 7.05 Å². The van der Waals surface area contributed by atoms with E-state index in [0.29, 0.717) is 0 Å². The summed E-state index contributed by atoms with van der Waals surface area (Å²) in [5, 5.41) is 8.93. The monoisotopic (exact) mass is 452 g/mol. The van der Waals surface area contributed by atoms with Crippen molar-refractivity contribution in [1.82, 2.24) is 5.10 Å². The summed E-state index contributed by atoms with van der Waals surface area (Å²) in [5.74, 6) is 0. The Bertz CT molecular complexity index is 1740. The van der Waals surface area contributed by atoms with Gasteiger partial charge in [0, 0.05) is 21.0 Å². The molecule has 3 nitrogen and oxygen atoms in total. The van der Waals surface area contributed by atoms with Crippen LogP contribution in [0.1, 0.15) is 66.9 Å². The van der Waals surface area contributed by atoms with Gasteiger partial charge in [0.1, 0.15) is 11.2 Å². The molecule has 0 fully saturated rings. The first-order valence-electron chi connectivity index (χ1n) is 13.6. The van der Waals surface area contributed by atoms with Crippen molar-refractivity contribution in [2.24, 2.45) is 7.05 Å². The minimum Gasteiger partial charge on any atom is -0.455 e. The van der Waals surface area contributed by atoms with Crippen LogP contribution in [0.15, 0.2) is 53.1 Å². The van der Waals surface area contributed by atoms with Gasteiger partial charge in [-0.05, 0) is 87.7 Å². The summed E-state index contributed by atoms with van der Waals surface area (Å²) in [4.78, 5) is 0. The number of fused-ring (bicyclic) bond motifs is 6. The van der Waals surface area contributed by atoms with Gasteiger partial charge in [-0.15, -0.1) is 0 Å². The van der Waals surface area contributed by atoms with Crippen LogP contribution in [0.5, 0.6) is 0 Å². The molecule has 0 saturated heterocycles. The second-order valence-electron chi connectivity index (χ2n) is 11.3. The highest BCUT2D eigenvalue weighted by Crippen LogP contribution is 2.49. The molecule has 0 bridgehead atoms. The van der Waals surface area contributed by atoms with Crippen molar-refractivity contribution >= 4 is 32.7 Å². The molecule has 172 valence electrons. The quantitative estimate of drug-likeness (QED) is 0.245. The largest absolute Gasteiger partial charge is 0.455 e. The molecular formula is C31H33N2O+. The molecule has 0 amide bonds. The molecule has 0 unspecified atom stereocenters. The molecule has 0 N–H and O–H groups in total. The average Bonchev–Trinajstić information content (AvgIpc) is 3.17. The summed E-state index contributed by atoms with van der Waals surface area (Å²) in [6.45, 7) is 9.21. The molecule has 1 aliphatic rings. The van der Waals surface area contributed by atoms with Crippen molar-refractivity contribution in [3.63, 3.8) is 0 Å². The van der Waals surface area contributed by atoms with E-state index in [-0.39, 0.29) is 16.4 Å². The van der Waals surface area contributed by atoms with Gasteiger partial charge < -0.3 is 4.42 Å². The lowest BCUT2D eigenvalue weighted by Gasteiger charge is -2.42. The number of hydrogen-bond acceptors (Lipinski definition) is 2. The fourth-order valence-corrected chi connectivity index (χ4v) is 5.98. The van der Waals surface area contributed by atoms with E-state index in [4.69, 9.17) is 8.53 Å². The number of furan rings is 1. The van der Waals surface area contributed by atoms with Crippen LogP contribution in [0.2, 0.25) is 0 Å². The summed E-state index contributed by atoms with van der Waals surface area (Å²) in [6, 6.07) is 15.0. The Labute approximate surface area is 205 Å². The molecule has 0 aliphatic heterocycles. The molecule has 6 rings (SSSR count). The molecule has 2 heterocycles. The van der Waals surface area contributed by atoms with E-state index in [1.165, 1.54) is 34.5 Å². The first-order chi connectivity index (χ1) is 17.3. The SMILES string of the molecule is [2H]C([2H])([2H])c1cn[n+](C)c(-c2c(C)ccc3c2oc2cc4c5c(ccc4cc23)C(C)(C)CCC5(C)C)c1.